The van der Waals surface area contributed by atoms with Crippen LogP contribution in [0.1, 0.15) is 36.4 Å². The summed E-state index contributed by atoms with van der Waals surface area (Å²) >= 11 is 6.84. The van der Waals surface area contributed by atoms with Crippen LogP contribution in [-0.4, -0.2) is 23.3 Å². The lowest BCUT2D eigenvalue weighted by Crippen LogP contribution is -2.38. The molecule has 0 fully saturated rings. The molecule has 5 nitrogen and oxygen atoms in total. The topological polar surface area (TPSA) is 72.2 Å². The van der Waals surface area contributed by atoms with Gasteiger partial charge in [-0.3, -0.25) is 14.9 Å². The smallest absolute Gasteiger partial charge is 0.324 e. The molecule has 1 aromatic heterocycles. The van der Waals surface area contributed by atoms with Crippen LogP contribution in [0.3, 0.4) is 0 Å². The van der Waals surface area contributed by atoms with Crippen molar-refractivity contribution >= 4 is 33.8 Å². The quantitative estimate of drug-likeness (QED) is 0.476. The van der Waals surface area contributed by atoms with Gasteiger partial charge >= 0.3 is 5.00 Å². The van der Waals surface area contributed by atoms with Crippen LogP contribution in [0.25, 0.3) is 0 Å². The SMILES string of the molecule is CCC(CC)(CCl)CNC(=O)c1ccc([N+](=O)[O-])s1. The minimum atomic E-state index is -0.497. The van der Waals surface area contributed by atoms with Gasteiger partial charge in [-0.15, -0.1) is 11.6 Å². The third-order valence-electron chi connectivity index (χ3n) is 3.40. The summed E-state index contributed by atoms with van der Waals surface area (Å²) in [4.78, 5) is 22.3. The fourth-order valence-electron chi connectivity index (χ4n) is 1.64. The predicted octanol–water partition coefficient (Wildman–Crippen LogP) is 3.43. The summed E-state index contributed by atoms with van der Waals surface area (Å²) in [5, 5.41) is 13.3. The average molecular weight is 305 g/mol. The van der Waals surface area contributed by atoms with Crippen molar-refractivity contribution in [2.75, 3.05) is 12.4 Å². The van der Waals surface area contributed by atoms with E-state index in [4.69, 9.17) is 11.6 Å². The van der Waals surface area contributed by atoms with Crippen LogP contribution in [0.15, 0.2) is 12.1 Å². The Bertz CT molecular complexity index is 449. The summed E-state index contributed by atoms with van der Waals surface area (Å²) in [5.41, 5.74) is -0.111. The van der Waals surface area contributed by atoms with Gasteiger partial charge in [0.15, 0.2) is 0 Å². The number of hydrogen-bond acceptors (Lipinski definition) is 4. The number of nitrogens with zero attached hydrogens (tertiary/aromatic N) is 1. The van der Waals surface area contributed by atoms with Crippen molar-refractivity contribution in [3.63, 3.8) is 0 Å². The maximum atomic E-state index is 11.9. The van der Waals surface area contributed by atoms with E-state index in [0.717, 1.165) is 24.2 Å². The minimum Gasteiger partial charge on any atom is -0.351 e. The first-order chi connectivity index (χ1) is 8.98. The zero-order valence-corrected chi connectivity index (χ0v) is 12.5. The maximum absolute atomic E-state index is 11.9. The van der Waals surface area contributed by atoms with Crippen LogP contribution >= 0.6 is 22.9 Å². The Morgan fingerprint density at radius 2 is 2.11 bits per heavy atom. The molecule has 0 aliphatic heterocycles. The lowest BCUT2D eigenvalue weighted by Gasteiger charge is -2.29. The van der Waals surface area contributed by atoms with Gasteiger partial charge in [0, 0.05) is 23.9 Å². The van der Waals surface area contributed by atoms with Crippen molar-refractivity contribution in [3.05, 3.63) is 27.1 Å². The van der Waals surface area contributed by atoms with Crippen LogP contribution < -0.4 is 5.32 Å². The number of thiophene rings is 1. The van der Waals surface area contributed by atoms with E-state index in [0.29, 0.717) is 17.3 Å². The Kier molecular flexibility index (Phi) is 5.75. The number of carbonyl (C=O) groups excluding carboxylic acids is 1. The molecule has 0 spiro atoms. The molecular weight excluding hydrogens is 288 g/mol. The largest absolute Gasteiger partial charge is 0.351 e. The second-order valence-electron chi connectivity index (χ2n) is 4.42. The summed E-state index contributed by atoms with van der Waals surface area (Å²) in [6, 6.07) is 2.81. The lowest BCUT2D eigenvalue weighted by molar-refractivity contribution is -0.380. The highest BCUT2D eigenvalue weighted by atomic mass is 35.5. The third-order valence-corrected chi connectivity index (χ3v) is 5.01. The van der Waals surface area contributed by atoms with E-state index in [1.807, 2.05) is 13.8 Å². The maximum Gasteiger partial charge on any atom is 0.324 e. The molecule has 1 aromatic rings. The molecule has 1 rings (SSSR count). The summed E-state index contributed by atoms with van der Waals surface area (Å²) in [7, 11) is 0. The summed E-state index contributed by atoms with van der Waals surface area (Å²) < 4.78 is 0. The molecule has 1 amide bonds. The van der Waals surface area contributed by atoms with Gasteiger partial charge in [0.2, 0.25) is 0 Å². The second-order valence-corrected chi connectivity index (χ2v) is 5.75. The molecule has 7 heteroatoms. The molecule has 0 aliphatic rings. The Morgan fingerprint density at radius 3 is 2.53 bits per heavy atom. The molecule has 0 aromatic carbocycles. The molecule has 19 heavy (non-hydrogen) atoms. The van der Waals surface area contributed by atoms with Gasteiger partial charge in [0.05, 0.1) is 9.80 Å². The molecule has 0 saturated carbocycles. The number of halogens is 1. The normalized spacial score (nSPS) is 11.3. The fraction of sp³-hybridized carbons (Fsp3) is 0.583. The van der Waals surface area contributed by atoms with Gasteiger partial charge in [0.25, 0.3) is 5.91 Å². The van der Waals surface area contributed by atoms with Crippen LogP contribution in [0.5, 0.6) is 0 Å². The van der Waals surface area contributed by atoms with Crippen LogP contribution in [0.2, 0.25) is 0 Å². The molecule has 0 atom stereocenters. The van der Waals surface area contributed by atoms with E-state index < -0.39 is 4.92 Å². The minimum absolute atomic E-state index is 0.0280. The number of nitrogens with one attached hydrogen (secondary N) is 1. The van der Waals surface area contributed by atoms with E-state index in [-0.39, 0.29) is 16.3 Å². The van der Waals surface area contributed by atoms with Crippen LogP contribution in [0.4, 0.5) is 5.00 Å². The van der Waals surface area contributed by atoms with Crippen molar-refractivity contribution in [2.24, 2.45) is 5.41 Å². The molecule has 106 valence electrons. The van der Waals surface area contributed by atoms with E-state index in [1.165, 1.54) is 12.1 Å². The van der Waals surface area contributed by atoms with Gasteiger partial charge in [-0.1, -0.05) is 25.2 Å². The standard InChI is InChI=1S/C12H17ClN2O3S/c1-3-12(4-2,7-13)8-14-11(16)9-5-6-10(19-9)15(17)18/h5-6H,3-4,7-8H2,1-2H3,(H,14,16). The molecule has 0 aliphatic carbocycles. The molecule has 1 N–H and O–H groups in total. The Hall–Kier alpha value is -1.14. The van der Waals surface area contributed by atoms with Gasteiger partial charge < -0.3 is 5.32 Å². The van der Waals surface area contributed by atoms with Crippen LogP contribution in [0, 0.1) is 15.5 Å². The Morgan fingerprint density at radius 1 is 1.47 bits per heavy atom. The number of nitro groups is 1. The number of hydrogen-bond donors (Lipinski definition) is 1. The van der Waals surface area contributed by atoms with Gasteiger partial charge in [-0.25, -0.2) is 0 Å². The van der Waals surface area contributed by atoms with Gasteiger partial charge in [-0.05, 0) is 18.9 Å². The second kappa shape index (κ2) is 6.86. The molecule has 0 radical (unpaired) electrons. The number of alkyl halides is 1. The monoisotopic (exact) mass is 304 g/mol. The van der Waals surface area contributed by atoms with Crippen LogP contribution in [-0.2, 0) is 0 Å². The Balaban J connectivity index is 2.66. The van der Waals surface area contributed by atoms with Crippen molar-refractivity contribution in [1.29, 1.82) is 0 Å². The molecule has 1 heterocycles. The molecule has 0 saturated heterocycles. The molecule has 0 unspecified atom stereocenters. The molecular formula is C12H17ClN2O3S. The summed E-state index contributed by atoms with van der Waals surface area (Å²) in [6.07, 6.45) is 1.75. The van der Waals surface area contributed by atoms with Crippen molar-refractivity contribution < 1.29 is 9.72 Å². The lowest BCUT2D eigenvalue weighted by atomic mass is 9.84. The summed E-state index contributed by atoms with van der Waals surface area (Å²) in [5.74, 6) is 0.194. The first kappa shape index (κ1) is 15.9. The molecule has 0 bridgehead atoms. The highest BCUT2D eigenvalue weighted by molar-refractivity contribution is 7.17. The predicted molar refractivity (Wildman–Crippen MR) is 77.0 cm³/mol. The van der Waals surface area contributed by atoms with E-state index >= 15 is 0 Å². The van der Waals surface area contributed by atoms with E-state index in [1.54, 1.807) is 0 Å². The first-order valence-corrected chi connectivity index (χ1v) is 7.41. The van der Waals surface area contributed by atoms with Crippen molar-refractivity contribution in [2.45, 2.75) is 26.7 Å². The number of carbonyl (C=O) groups is 1. The third kappa shape index (κ3) is 3.91. The van der Waals surface area contributed by atoms with Gasteiger partial charge in [-0.2, -0.15) is 0 Å². The fourth-order valence-corrected chi connectivity index (χ4v) is 2.85. The average Bonchev–Trinajstić information content (AvgIpc) is 2.90. The highest BCUT2D eigenvalue weighted by Gasteiger charge is 2.26. The van der Waals surface area contributed by atoms with Crippen molar-refractivity contribution in [3.8, 4) is 0 Å². The summed E-state index contributed by atoms with van der Waals surface area (Å²) in [6.45, 7) is 4.55. The number of amides is 1. The first-order valence-electron chi connectivity index (χ1n) is 6.06. The zero-order valence-electron chi connectivity index (χ0n) is 10.9. The van der Waals surface area contributed by atoms with Crippen molar-refractivity contribution in [1.82, 2.24) is 5.32 Å². The zero-order chi connectivity index (χ0) is 14.5. The highest BCUT2D eigenvalue weighted by Crippen LogP contribution is 2.28. The van der Waals surface area contributed by atoms with Gasteiger partial charge in [0.1, 0.15) is 0 Å². The Labute approximate surface area is 121 Å². The van der Waals surface area contributed by atoms with E-state index in [9.17, 15) is 14.9 Å². The number of rotatable bonds is 7. The van der Waals surface area contributed by atoms with E-state index in [2.05, 4.69) is 5.32 Å².